The third-order valence-corrected chi connectivity index (χ3v) is 4.44. The van der Waals surface area contributed by atoms with Crippen LogP contribution in [0.25, 0.3) is 0 Å². The summed E-state index contributed by atoms with van der Waals surface area (Å²) in [6.07, 6.45) is 5.75. The minimum atomic E-state index is -3.32. The lowest BCUT2D eigenvalue weighted by Gasteiger charge is -2.21. The molecule has 0 spiro atoms. The third-order valence-electron chi connectivity index (χ3n) is 3.15. The predicted molar refractivity (Wildman–Crippen MR) is 70.7 cm³/mol. The SMILES string of the molecule is CS(=O)(=O)N1CCCC1C(=O)NCc1ccncc1. The number of carbonyl (C=O) groups is 1. The Morgan fingerprint density at radius 2 is 2.16 bits per heavy atom. The molecule has 1 aliphatic heterocycles. The van der Waals surface area contributed by atoms with Crippen LogP contribution in [0.2, 0.25) is 0 Å². The molecule has 0 radical (unpaired) electrons. The van der Waals surface area contributed by atoms with Crippen molar-refractivity contribution in [1.29, 1.82) is 0 Å². The number of amides is 1. The average molecular weight is 283 g/mol. The van der Waals surface area contributed by atoms with Gasteiger partial charge < -0.3 is 5.32 Å². The van der Waals surface area contributed by atoms with Crippen LogP contribution in [0.4, 0.5) is 0 Å². The summed E-state index contributed by atoms with van der Waals surface area (Å²) in [6.45, 7) is 0.807. The number of hydrogen-bond acceptors (Lipinski definition) is 4. The number of pyridine rings is 1. The summed E-state index contributed by atoms with van der Waals surface area (Å²) in [6, 6.07) is 3.05. The fourth-order valence-corrected chi connectivity index (χ4v) is 3.33. The lowest BCUT2D eigenvalue weighted by atomic mass is 10.2. The van der Waals surface area contributed by atoms with Crippen LogP contribution in [0.5, 0.6) is 0 Å². The lowest BCUT2D eigenvalue weighted by Crippen LogP contribution is -2.45. The third kappa shape index (κ3) is 3.51. The minimum Gasteiger partial charge on any atom is -0.351 e. The molecule has 1 N–H and O–H groups in total. The molecule has 0 saturated carbocycles. The van der Waals surface area contributed by atoms with Crippen LogP contribution in [0, 0.1) is 0 Å². The molecular formula is C12H17N3O3S. The molecule has 0 aliphatic carbocycles. The first kappa shape index (κ1) is 14.0. The topological polar surface area (TPSA) is 79.4 Å². The van der Waals surface area contributed by atoms with Gasteiger partial charge in [0.1, 0.15) is 6.04 Å². The highest BCUT2D eigenvalue weighted by Crippen LogP contribution is 2.20. The van der Waals surface area contributed by atoms with Crippen LogP contribution < -0.4 is 5.32 Å². The Hall–Kier alpha value is -1.47. The van der Waals surface area contributed by atoms with Crippen molar-refractivity contribution in [3.05, 3.63) is 30.1 Å². The summed E-state index contributed by atoms with van der Waals surface area (Å²) in [5.74, 6) is -0.236. The monoisotopic (exact) mass is 283 g/mol. The summed E-state index contributed by atoms with van der Waals surface area (Å²) < 4.78 is 24.4. The summed E-state index contributed by atoms with van der Waals surface area (Å²) in [4.78, 5) is 15.9. The first-order chi connectivity index (χ1) is 8.98. The van der Waals surface area contributed by atoms with E-state index in [9.17, 15) is 13.2 Å². The Labute approximate surface area is 112 Å². The Morgan fingerprint density at radius 1 is 1.47 bits per heavy atom. The molecule has 6 nitrogen and oxygen atoms in total. The molecule has 0 aromatic carbocycles. The van der Waals surface area contributed by atoms with E-state index in [1.807, 2.05) is 12.1 Å². The number of aromatic nitrogens is 1. The van der Waals surface area contributed by atoms with Crippen LogP contribution in [0.15, 0.2) is 24.5 Å². The molecular weight excluding hydrogens is 266 g/mol. The van der Waals surface area contributed by atoms with Gasteiger partial charge in [-0.15, -0.1) is 0 Å². The van der Waals surface area contributed by atoms with Gasteiger partial charge in [-0.1, -0.05) is 0 Å². The van der Waals surface area contributed by atoms with Gasteiger partial charge in [0.05, 0.1) is 6.26 Å². The predicted octanol–water partition coefficient (Wildman–Crippen LogP) is 0.122. The molecule has 1 aromatic heterocycles. The second-order valence-corrected chi connectivity index (χ2v) is 6.54. The van der Waals surface area contributed by atoms with Gasteiger partial charge in [-0.2, -0.15) is 4.31 Å². The normalized spacial score (nSPS) is 20.4. The first-order valence-corrected chi connectivity index (χ1v) is 7.97. The maximum absolute atomic E-state index is 12.0. The van der Waals surface area contributed by atoms with Gasteiger partial charge >= 0.3 is 0 Å². The molecule has 2 rings (SSSR count). The van der Waals surface area contributed by atoms with Crippen molar-refractivity contribution in [1.82, 2.24) is 14.6 Å². The molecule has 1 amide bonds. The van der Waals surface area contributed by atoms with E-state index in [0.29, 0.717) is 19.5 Å². The van der Waals surface area contributed by atoms with E-state index in [-0.39, 0.29) is 5.91 Å². The van der Waals surface area contributed by atoms with Gasteiger partial charge in [0, 0.05) is 25.5 Å². The summed E-state index contributed by atoms with van der Waals surface area (Å²) >= 11 is 0. The number of hydrogen-bond donors (Lipinski definition) is 1. The maximum Gasteiger partial charge on any atom is 0.238 e. The average Bonchev–Trinajstić information content (AvgIpc) is 2.86. The number of nitrogens with zero attached hydrogens (tertiary/aromatic N) is 2. The number of carbonyl (C=O) groups excluding carboxylic acids is 1. The van der Waals surface area contributed by atoms with Crippen molar-refractivity contribution in [2.45, 2.75) is 25.4 Å². The van der Waals surface area contributed by atoms with Crippen LogP contribution in [-0.4, -0.2) is 42.5 Å². The molecule has 19 heavy (non-hydrogen) atoms. The zero-order chi connectivity index (χ0) is 13.9. The number of nitrogens with one attached hydrogen (secondary N) is 1. The Morgan fingerprint density at radius 3 is 2.79 bits per heavy atom. The molecule has 7 heteroatoms. The smallest absolute Gasteiger partial charge is 0.238 e. The van der Waals surface area contributed by atoms with Crippen molar-refractivity contribution in [3.63, 3.8) is 0 Å². The van der Waals surface area contributed by atoms with Crippen molar-refractivity contribution < 1.29 is 13.2 Å². The fourth-order valence-electron chi connectivity index (χ4n) is 2.21. The van der Waals surface area contributed by atoms with E-state index >= 15 is 0 Å². The maximum atomic E-state index is 12.0. The Bertz CT molecular complexity index is 545. The van der Waals surface area contributed by atoms with Gasteiger partial charge in [0.2, 0.25) is 15.9 Å². The molecule has 1 aliphatic rings. The van der Waals surface area contributed by atoms with Gasteiger partial charge in [0.15, 0.2) is 0 Å². The summed E-state index contributed by atoms with van der Waals surface area (Å²) in [5, 5.41) is 2.77. The van der Waals surface area contributed by atoms with Crippen molar-refractivity contribution in [2.75, 3.05) is 12.8 Å². The standard InChI is InChI=1S/C12H17N3O3S/c1-19(17,18)15-8-2-3-11(15)12(16)14-9-10-4-6-13-7-5-10/h4-7,11H,2-3,8-9H2,1H3,(H,14,16). The fraction of sp³-hybridized carbons (Fsp3) is 0.500. The molecule has 1 unspecified atom stereocenters. The quantitative estimate of drug-likeness (QED) is 0.851. The van der Waals surface area contributed by atoms with E-state index in [2.05, 4.69) is 10.3 Å². The van der Waals surface area contributed by atoms with Crippen molar-refractivity contribution in [2.24, 2.45) is 0 Å². The zero-order valence-corrected chi connectivity index (χ0v) is 11.6. The van der Waals surface area contributed by atoms with Gasteiger partial charge in [-0.05, 0) is 30.5 Å². The van der Waals surface area contributed by atoms with Crippen molar-refractivity contribution in [3.8, 4) is 0 Å². The molecule has 1 aromatic rings. The highest BCUT2D eigenvalue weighted by molar-refractivity contribution is 7.88. The molecule has 1 fully saturated rings. The summed E-state index contributed by atoms with van der Waals surface area (Å²) in [7, 11) is -3.32. The zero-order valence-electron chi connectivity index (χ0n) is 10.7. The van der Waals surface area contributed by atoms with Crippen molar-refractivity contribution >= 4 is 15.9 Å². The van der Waals surface area contributed by atoms with E-state index < -0.39 is 16.1 Å². The Kier molecular flexibility index (Phi) is 4.16. The first-order valence-electron chi connectivity index (χ1n) is 6.12. The van der Waals surface area contributed by atoms with Crippen LogP contribution in [-0.2, 0) is 21.4 Å². The highest BCUT2D eigenvalue weighted by Gasteiger charge is 2.36. The second-order valence-electron chi connectivity index (χ2n) is 4.61. The molecule has 1 atom stereocenters. The molecule has 1 saturated heterocycles. The van der Waals surface area contributed by atoms with E-state index in [1.165, 1.54) is 4.31 Å². The molecule has 0 bridgehead atoms. The van der Waals surface area contributed by atoms with Crippen LogP contribution in [0.1, 0.15) is 18.4 Å². The number of sulfonamides is 1. The largest absolute Gasteiger partial charge is 0.351 e. The highest BCUT2D eigenvalue weighted by atomic mass is 32.2. The Balaban J connectivity index is 1.96. The lowest BCUT2D eigenvalue weighted by molar-refractivity contribution is -0.124. The second kappa shape index (κ2) is 5.66. The van der Waals surface area contributed by atoms with E-state index in [4.69, 9.17) is 0 Å². The van der Waals surface area contributed by atoms with Crippen LogP contribution >= 0.6 is 0 Å². The van der Waals surface area contributed by atoms with Gasteiger partial charge in [-0.3, -0.25) is 9.78 Å². The van der Waals surface area contributed by atoms with Crippen LogP contribution in [0.3, 0.4) is 0 Å². The van der Waals surface area contributed by atoms with E-state index in [1.54, 1.807) is 12.4 Å². The number of rotatable bonds is 4. The van der Waals surface area contributed by atoms with E-state index in [0.717, 1.165) is 18.2 Å². The molecule has 104 valence electrons. The van der Waals surface area contributed by atoms with Gasteiger partial charge in [0.25, 0.3) is 0 Å². The summed E-state index contributed by atoms with van der Waals surface area (Å²) in [5.41, 5.74) is 0.937. The minimum absolute atomic E-state index is 0.236. The molecule has 2 heterocycles. The van der Waals surface area contributed by atoms with Gasteiger partial charge in [-0.25, -0.2) is 8.42 Å².